The number of nitrogens with zero attached hydrogens (tertiary/aromatic N) is 4. The molecule has 0 aliphatic carbocycles. The largest absolute Gasteiger partial charge is 0.470 e. The molecule has 0 unspecified atom stereocenters. The van der Waals surface area contributed by atoms with Gasteiger partial charge in [0.25, 0.3) is 5.89 Å². The van der Waals surface area contributed by atoms with Crippen LogP contribution in [0.3, 0.4) is 0 Å². The van der Waals surface area contributed by atoms with E-state index in [1.54, 1.807) is 30.3 Å². The number of halogens is 3. The lowest BCUT2D eigenvalue weighted by Gasteiger charge is -2.22. The third-order valence-corrected chi connectivity index (χ3v) is 4.62. The van der Waals surface area contributed by atoms with Gasteiger partial charge in [-0.3, -0.25) is 9.29 Å². The smallest absolute Gasteiger partial charge is 0.411 e. The van der Waals surface area contributed by atoms with E-state index in [0.29, 0.717) is 11.3 Å². The van der Waals surface area contributed by atoms with Crippen molar-refractivity contribution in [2.45, 2.75) is 12.7 Å². The zero-order valence-electron chi connectivity index (χ0n) is 13.9. The minimum absolute atomic E-state index is 0.00770. The van der Waals surface area contributed by atoms with E-state index in [9.17, 15) is 21.6 Å². The van der Waals surface area contributed by atoms with Crippen LogP contribution in [0.5, 0.6) is 0 Å². The van der Waals surface area contributed by atoms with Crippen molar-refractivity contribution in [2.75, 3.05) is 10.6 Å². The minimum Gasteiger partial charge on any atom is -0.411 e. The molecule has 3 aromatic rings. The van der Waals surface area contributed by atoms with Crippen molar-refractivity contribution in [1.29, 1.82) is 0 Å². The Bertz CT molecular complexity index is 1020. The molecule has 0 amide bonds. The van der Waals surface area contributed by atoms with Gasteiger partial charge >= 0.3 is 12.1 Å². The molecule has 2 aromatic heterocycles. The lowest BCUT2D eigenvalue weighted by atomic mass is 10.2. The number of alkyl halides is 3. The molecule has 27 heavy (non-hydrogen) atoms. The number of rotatable bonds is 5. The molecular formula is C16H13F3N4O3S. The van der Waals surface area contributed by atoms with E-state index in [1.807, 2.05) is 0 Å². The molecule has 0 radical (unpaired) electrons. The second kappa shape index (κ2) is 6.99. The third kappa shape index (κ3) is 4.42. The molecule has 11 heteroatoms. The maximum atomic E-state index is 12.5. The summed E-state index contributed by atoms with van der Waals surface area (Å²) in [4.78, 5) is 3.99. The normalized spacial score (nSPS) is 12.1. The van der Waals surface area contributed by atoms with Crippen molar-refractivity contribution >= 4 is 15.7 Å². The van der Waals surface area contributed by atoms with Crippen molar-refractivity contribution in [3.05, 3.63) is 60.1 Å². The average molecular weight is 398 g/mol. The van der Waals surface area contributed by atoms with Crippen LogP contribution in [0, 0.1) is 0 Å². The maximum absolute atomic E-state index is 12.5. The van der Waals surface area contributed by atoms with Crippen molar-refractivity contribution in [2.24, 2.45) is 0 Å². The van der Waals surface area contributed by atoms with Crippen LogP contribution in [0.2, 0.25) is 0 Å². The Hall–Kier alpha value is -2.95. The molecule has 0 spiro atoms. The fraction of sp³-hybridized carbons (Fsp3) is 0.188. The van der Waals surface area contributed by atoms with Crippen LogP contribution >= 0.6 is 0 Å². The molecule has 0 bridgehead atoms. The van der Waals surface area contributed by atoms with E-state index in [4.69, 9.17) is 0 Å². The summed E-state index contributed by atoms with van der Waals surface area (Å²) in [6.45, 7) is 0.00770. The zero-order valence-corrected chi connectivity index (χ0v) is 14.7. The summed E-state index contributed by atoms with van der Waals surface area (Å²) in [5.74, 6) is -1.84. The SMILES string of the molecule is CS(=O)(=O)N(Cc1ccc(-c2nnc(C(F)(F)F)o2)nc1)c1ccccc1. The lowest BCUT2D eigenvalue weighted by molar-refractivity contribution is -0.156. The van der Waals surface area contributed by atoms with Crippen molar-refractivity contribution in [1.82, 2.24) is 15.2 Å². The van der Waals surface area contributed by atoms with E-state index < -0.39 is 22.1 Å². The lowest BCUT2D eigenvalue weighted by Crippen LogP contribution is -2.29. The van der Waals surface area contributed by atoms with Gasteiger partial charge in [0.05, 0.1) is 18.5 Å². The predicted molar refractivity (Wildman–Crippen MR) is 90.0 cm³/mol. The number of para-hydroxylation sites is 1. The number of pyridine rings is 1. The Morgan fingerprint density at radius 1 is 1.07 bits per heavy atom. The summed E-state index contributed by atoms with van der Waals surface area (Å²) < 4.78 is 67.5. The van der Waals surface area contributed by atoms with E-state index >= 15 is 0 Å². The summed E-state index contributed by atoms with van der Waals surface area (Å²) in [6, 6.07) is 11.4. The highest BCUT2D eigenvalue weighted by Crippen LogP contribution is 2.30. The first-order valence-electron chi connectivity index (χ1n) is 7.53. The molecular weight excluding hydrogens is 385 g/mol. The number of hydrogen-bond acceptors (Lipinski definition) is 6. The van der Waals surface area contributed by atoms with Crippen LogP contribution in [-0.4, -0.2) is 29.9 Å². The first-order chi connectivity index (χ1) is 12.6. The first kappa shape index (κ1) is 18.8. The zero-order chi connectivity index (χ0) is 19.7. The highest BCUT2D eigenvalue weighted by atomic mass is 32.2. The number of benzene rings is 1. The topological polar surface area (TPSA) is 89.2 Å². The highest BCUT2D eigenvalue weighted by Gasteiger charge is 2.38. The second-order valence-corrected chi connectivity index (χ2v) is 7.47. The van der Waals surface area contributed by atoms with Gasteiger partial charge in [-0.05, 0) is 23.8 Å². The predicted octanol–water partition coefficient (Wildman–Crippen LogP) is 3.12. The first-order valence-corrected chi connectivity index (χ1v) is 9.38. The summed E-state index contributed by atoms with van der Waals surface area (Å²) in [7, 11) is -3.55. The Kier molecular flexibility index (Phi) is 4.87. The van der Waals surface area contributed by atoms with Crippen LogP contribution in [0.25, 0.3) is 11.6 Å². The number of hydrogen-bond donors (Lipinski definition) is 0. The van der Waals surface area contributed by atoms with Gasteiger partial charge in [-0.1, -0.05) is 24.3 Å². The van der Waals surface area contributed by atoms with Gasteiger partial charge in [0.1, 0.15) is 5.69 Å². The van der Waals surface area contributed by atoms with E-state index in [2.05, 4.69) is 19.6 Å². The molecule has 0 atom stereocenters. The van der Waals surface area contributed by atoms with Crippen LogP contribution in [-0.2, 0) is 22.7 Å². The summed E-state index contributed by atoms with van der Waals surface area (Å²) >= 11 is 0. The molecule has 0 aliphatic rings. The summed E-state index contributed by atoms with van der Waals surface area (Å²) in [5.41, 5.74) is 1.06. The van der Waals surface area contributed by atoms with Crippen molar-refractivity contribution < 1.29 is 26.0 Å². The molecule has 0 N–H and O–H groups in total. The standard InChI is InChI=1S/C16H13F3N4O3S/c1-27(24,25)23(12-5-3-2-4-6-12)10-11-7-8-13(20-9-11)14-21-22-15(26-14)16(17,18)19/h2-9H,10H2,1H3. The summed E-state index contributed by atoms with van der Waals surface area (Å²) in [6.07, 6.45) is -2.32. The fourth-order valence-corrected chi connectivity index (χ4v) is 3.13. The molecule has 0 fully saturated rings. The molecule has 0 saturated heterocycles. The van der Waals surface area contributed by atoms with Gasteiger partial charge in [0.15, 0.2) is 0 Å². The number of anilines is 1. The van der Waals surface area contributed by atoms with Gasteiger partial charge in [0.2, 0.25) is 10.0 Å². The van der Waals surface area contributed by atoms with Gasteiger partial charge in [-0.15, -0.1) is 10.2 Å². The Balaban J connectivity index is 1.83. The monoisotopic (exact) mass is 398 g/mol. The van der Waals surface area contributed by atoms with Gasteiger partial charge < -0.3 is 4.42 Å². The van der Waals surface area contributed by atoms with Crippen LogP contribution in [0.15, 0.2) is 53.1 Å². The van der Waals surface area contributed by atoms with Crippen LogP contribution in [0.1, 0.15) is 11.5 Å². The van der Waals surface area contributed by atoms with Crippen LogP contribution in [0.4, 0.5) is 18.9 Å². The second-order valence-electron chi connectivity index (χ2n) is 5.57. The van der Waals surface area contributed by atoms with Crippen molar-refractivity contribution in [3.8, 4) is 11.6 Å². The molecule has 0 saturated carbocycles. The molecule has 142 valence electrons. The van der Waals surface area contributed by atoms with Gasteiger partial charge in [-0.25, -0.2) is 8.42 Å². The average Bonchev–Trinajstić information content (AvgIpc) is 3.10. The quantitative estimate of drug-likeness (QED) is 0.656. The molecule has 2 heterocycles. The Morgan fingerprint density at radius 2 is 1.78 bits per heavy atom. The molecule has 7 nitrogen and oxygen atoms in total. The number of sulfonamides is 1. The molecule has 1 aromatic carbocycles. The number of aromatic nitrogens is 3. The van der Waals surface area contributed by atoms with Gasteiger partial charge in [0, 0.05) is 6.20 Å². The molecule has 0 aliphatic heterocycles. The van der Waals surface area contributed by atoms with Crippen molar-refractivity contribution in [3.63, 3.8) is 0 Å². The van der Waals surface area contributed by atoms with E-state index in [0.717, 1.165) is 6.26 Å². The Morgan fingerprint density at radius 3 is 2.30 bits per heavy atom. The highest BCUT2D eigenvalue weighted by molar-refractivity contribution is 7.92. The Labute approximate surface area is 152 Å². The fourth-order valence-electron chi connectivity index (χ4n) is 2.25. The third-order valence-electron chi connectivity index (χ3n) is 3.48. The van der Waals surface area contributed by atoms with Gasteiger partial charge in [-0.2, -0.15) is 13.2 Å². The maximum Gasteiger partial charge on any atom is 0.470 e. The minimum atomic E-state index is -4.74. The summed E-state index contributed by atoms with van der Waals surface area (Å²) in [5, 5.41) is 6.26. The van der Waals surface area contributed by atoms with Crippen LogP contribution < -0.4 is 4.31 Å². The van der Waals surface area contributed by atoms with E-state index in [-0.39, 0.29) is 18.1 Å². The molecule has 3 rings (SSSR count). The van der Waals surface area contributed by atoms with E-state index in [1.165, 1.54) is 22.6 Å².